The van der Waals surface area contributed by atoms with Crippen LogP contribution in [0.1, 0.15) is 44.6 Å². The molecule has 2 rings (SSSR count). The highest BCUT2D eigenvalue weighted by Gasteiger charge is 2.31. The Kier molecular flexibility index (Phi) is 5.87. The molecule has 1 aliphatic rings. The molecule has 0 aliphatic heterocycles. The number of hydrogen-bond donors (Lipinski definition) is 1. The van der Waals surface area contributed by atoms with E-state index in [0.717, 1.165) is 26.3 Å². The van der Waals surface area contributed by atoms with Gasteiger partial charge < -0.3 is 10.1 Å². The molecule has 0 amide bonds. The minimum Gasteiger partial charge on any atom is -0.376 e. The lowest BCUT2D eigenvalue weighted by Gasteiger charge is -2.37. The van der Waals surface area contributed by atoms with E-state index in [9.17, 15) is 0 Å². The second-order valence-corrected chi connectivity index (χ2v) is 5.82. The van der Waals surface area contributed by atoms with Crippen LogP contribution in [0.15, 0.2) is 30.3 Å². The summed E-state index contributed by atoms with van der Waals surface area (Å²) in [5.41, 5.74) is 1.65. The Morgan fingerprint density at radius 3 is 2.53 bits per heavy atom. The maximum absolute atomic E-state index is 6.02. The van der Waals surface area contributed by atoms with E-state index in [4.69, 9.17) is 4.74 Å². The standard InChI is InChI=1S/C17H27NO/c1-2-18-14-17(11-7-4-8-12-17)15-19-13-16-9-5-3-6-10-16/h3,5-6,9-10,18H,2,4,7-8,11-15H2,1H3. The highest BCUT2D eigenvalue weighted by molar-refractivity contribution is 5.13. The van der Waals surface area contributed by atoms with E-state index in [0.29, 0.717) is 5.41 Å². The third-order valence-corrected chi connectivity index (χ3v) is 4.18. The molecule has 1 fully saturated rings. The van der Waals surface area contributed by atoms with Crippen LogP contribution in [0.25, 0.3) is 0 Å². The average molecular weight is 261 g/mol. The van der Waals surface area contributed by atoms with Crippen molar-refractivity contribution in [1.29, 1.82) is 0 Å². The SMILES string of the molecule is CCNCC1(COCc2ccccc2)CCCCC1. The lowest BCUT2D eigenvalue weighted by atomic mass is 9.74. The molecule has 1 aromatic rings. The van der Waals surface area contributed by atoms with Gasteiger partial charge in [0.15, 0.2) is 0 Å². The molecule has 0 saturated heterocycles. The summed E-state index contributed by atoms with van der Waals surface area (Å²) in [5, 5.41) is 3.53. The van der Waals surface area contributed by atoms with Crippen molar-refractivity contribution in [2.24, 2.45) is 5.41 Å². The van der Waals surface area contributed by atoms with Crippen LogP contribution >= 0.6 is 0 Å². The maximum Gasteiger partial charge on any atom is 0.0717 e. The number of benzene rings is 1. The molecule has 2 heteroatoms. The molecule has 0 atom stereocenters. The Morgan fingerprint density at radius 1 is 1.11 bits per heavy atom. The Bertz CT molecular complexity index is 344. The molecule has 1 saturated carbocycles. The minimum atomic E-state index is 0.378. The summed E-state index contributed by atoms with van der Waals surface area (Å²) in [7, 11) is 0. The molecule has 0 bridgehead atoms. The average Bonchev–Trinajstić information content (AvgIpc) is 2.47. The van der Waals surface area contributed by atoms with Gasteiger partial charge in [0.1, 0.15) is 0 Å². The Labute approximate surface area is 117 Å². The predicted octanol–water partition coefficient (Wildman–Crippen LogP) is 3.76. The van der Waals surface area contributed by atoms with Crippen LogP contribution in [-0.2, 0) is 11.3 Å². The van der Waals surface area contributed by atoms with Crippen molar-refractivity contribution in [2.45, 2.75) is 45.6 Å². The molecule has 0 radical (unpaired) electrons. The summed E-state index contributed by atoms with van der Waals surface area (Å²) in [6.07, 6.45) is 6.75. The van der Waals surface area contributed by atoms with Crippen LogP contribution in [0.3, 0.4) is 0 Å². The molecule has 1 aromatic carbocycles. The van der Waals surface area contributed by atoms with Crippen molar-refractivity contribution < 1.29 is 4.74 Å². The fourth-order valence-corrected chi connectivity index (χ4v) is 3.02. The molecular weight excluding hydrogens is 234 g/mol. The second kappa shape index (κ2) is 7.66. The summed E-state index contributed by atoms with van der Waals surface area (Å²) in [4.78, 5) is 0. The van der Waals surface area contributed by atoms with Gasteiger partial charge in [-0.25, -0.2) is 0 Å². The van der Waals surface area contributed by atoms with E-state index in [-0.39, 0.29) is 0 Å². The monoisotopic (exact) mass is 261 g/mol. The van der Waals surface area contributed by atoms with Gasteiger partial charge in [-0.3, -0.25) is 0 Å². The predicted molar refractivity (Wildman–Crippen MR) is 80.2 cm³/mol. The summed E-state index contributed by atoms with van der Waals surface area (Å²) in [6, 6.07) is 10.5. The summed E-state index contributed by atoms with van der Waals surface area (Å²) in [5.74, 6) is 0. The summed E-state index contributed by atoms with van der Waals surface area (Å²) in [6.45, 7) is 5.99. The second-order valence-electron chi connectivity index (χ2n) is 5.82. The number of rotatable bonds is 7. The third-order valence-electron chi connectivity index (χ3n) is 4.18. The van der Waals surface area contributed by atoms with Crippen molar-refractivity contribution >= 4 is 0 Å². The van der Waals surface area contributed by atoms with Gasteiger partial charge >= 0.3 is 0 Å². The zero-order valence-electron chi connectivity index (χ0n) is 12.2. The Morgan fingerprint density at radius 2 is 1.84 bits per heavy atom. The fraction of sp³-hybridized carbons (Fsp3) is 0.647. The van der Waals surface area contributed by atoms with Crippen LogP contribution < -0.4 is 5.32 Å². The normalized spacial score (nSPS) is 18.4. The Hall–Kier alpha value is -0.860. The van der Waals surface area contributed by atoms with E-state index in [1.807, 2.05) is 0 Å². The van der Waals surface area contributed by atoms with Gasteiger partial charge in [0.25, 0.3) is 0 Å². The van der Waals surface area contributed by atoms with Gasteiger partial charge in [-0.15, -0.1) is 0 Å². The third kappa shape index (κ3) is 4.63. The molecule has 0 spiro atoms. The molecule has 0 unspecified atom stereocenters. The van der Waals surface area contributed by atoms with Crippen molar-refractivity contribution in [3.05, 3.63) is 35.9 Å². The molecule has 1 aliphatic carbocycles. The van der Waals surface area contributed by atoms with E-state index < -0.39 is 0 Å². The molecule has 0 heterocycles. The molecule has 0 aromatic heterocycles. The first-order chi connectivity index (χ1) is 9.35. The quantitative estimate of drug-likeness (QED) is 0.807. The zero-order chi connectivity index (χ0) is 13.4. The van der Waals surface area contributed by atoms with Crippen LogP contribution in [0.2, 0.25) is 0 Å². The van der Waals surface area contributed by atoms with Crippen LogP contribution in [-0.4, -0.2) is 19.7 Å². The van der Waals surface area contributed by atoms with Crippen molar-refractivity contribution in [3.8, 4) is 0 Å². The largest absolute Gasteiger partial charge is 0.376 e. The fourth-order valence-electron chi connectivity index (χ4n) is 3.02. The van der Waals surface area contributed by atoms with Crippen LogP contribution in [0.4, 0.5) is 0 Å². The van der Waals surface area contributed by atoms with Gasteiger partial charge in [-0.2, -0.15) is 0 Å². The zero-order valence-corrected chi connectivity index (χ0v) is 12.2. The van der Waals surface area contributed by atoms with Gasteiger partial charge in [0, 0.05) is 12.0 Å². The van der Waals surface area contributed by atoms with Crippen LogP contribution in [0, 0.1) is 5.41 Å². The van der Waals surface area contributed by atoms with Gasteiger partial charge in [-0.05, 0) is 24.9 Å². The summed E-state index contributed by atoms with van der Waals surface area (Å²) < 4.78 is 6.02. The highest BCUT2D eigenvalue weighted by Crippen LogP contribution is 2.36. The summed E-state index contributed by atoms with van der Waals surface area (Å²) >= 11 is 0. The molecular formula is C17H27NO. The number of nitrogens with one attached hydrogen (secondary N) is 1. The highest BCUT2D eigenvalue weighted by atomic mass is 16.5. The maximum atomic E-state index is 6.02. The van der Waals surface area contributed by atoms with Gasteiger partial charge in [0.2, 0.25) is 0 Å². The van der Waals surface area contributed by atoms with E-state index in [1.165, 1.54) is 37.7 Å². The minimum absolute atomic E-state index is 0.378. The van der Waals surface area contributed by atoms with E-state index >= 15 is 0 Å². The smallest absolute Gasteiger partial charge is 0.0717 e. The van der Waals surface area contributed by atoms with Crippen molar-refractivity contribution in [1.82, 2.24) is 5.32 Å². The Balaban J connectivity index is 1.82. The first-order valence-corrected chi connectivity index (χ1v) is 7.67. The molecule has 1 N–H and O–H groups in total. The lowest BCUT2D eigenvalue weighted by molar-refractivity contribution is 0.0118. The van der Waals surface area contributed by atoms with E-state index in [2.05, 4.69) is 42.6 Å². The molecule has 106 valence electrons. The lowest BCUT2D eigenvalue weighted by Crippen LogP contribution is -2.39. The molecule has 2 nitrogen and oxygen atoms in total. The van der Waals surface area contributed by atoms with Crippen molar-refractivity contribution in [3.63, 3.8) is 0 Å². The topological polar surface area (TPSA) is 21.3 Å². The number of ether oxygens (including phenoxy) is 1. The van der Waals surface area contributed by atoms with Gasteiger partial charge in [-0.1, -0.05) is 56.5 Å². The first kappa shape index (κ1) is 14.5. The van der Waals surface area contributed by atoms with Crippen molar-refractivity contribution in [2.75, 3.05) is 19.7 Å². The number of hydrogen-bond acceptors (Lipinski definition) is 2. The van der Waals surface area contributed by atoms with Gasteiger partial charge in [0.05, 0.1) is 13.2 Å². The van der Waals surface area contributed by atoms with Crippen LogP contribution in [0.5, 0.6) is 0 Å². The van der Waals surface area contributed by atoms with E-state index in [1.54, 1.807) is 0 Å². The first-order valence-electron chi connectivity index (χ1n) is 7.67. The molecule has 19 heavy (non-hydrogen) atoms.